The fourth-order valence-corrected chi connectivity index (χ4v) is 2.25. The van der Waals surface area contributed by atoms with E-state index in [1.165, 1.54) is 0 Å². The average Bonchev–Trinajstić information content (AvgIpc) is 3.09. The normalized spacial score (nSPS) is 16.6. The first kappa shape index (κ1) is 12.4. The van der Waals surface area contributed by atoms with E-state index in [2.05, 4.69) is 21.2 Å². The monoisotopic (exact) mass is 298 g/mol. The zero-order chi connectivity index (χ0) is 12.4. The molecule has 17 heavy (non-hydrogen) atoms. The maximum atomic E-state index is 11.4. The summed E-state index contributed by atoms with van der Waals surface area (Å²) in [5.41, 5.74) is 6.28. The summed E-state index contributed by atoms with van der Waals surface area (Å²) >= 11 is 3.40. The second kappa shape index (κ2) is 5.06. The van der Waals surface area contributed by atoms with Crippen LogP contribution in [0.3, 0.4) is 0 Å². The molecule has 92 valence electrons. The van der Waals surface area contributed by atoms with Gasteiger partial charge in [0.1, 0.15) is 11.8 Å². The summed E-state index contributed by atoms with van der Waals surface area (Å²) < 4.78 is 5.97. The summed E-state index contributed by atoms with van der Waals surface area (Å²) in [6.07, 6.45) is 2.22. The van der Waals surface area contributed by atoms with E-state index in [0.717, 1.165) is 28.6 Å². The van der Waals surface area contributed by atoms with Crippen molar-refractivity contribution in [1.29, 1.82) is 0 Å². The Kier molecular flexibility index (Phi) is 3.69. The van der Waals surface area contributed by atoms with E-state index in [4.69, 9.17) is 10.5 Å². The molecule has 5 heteroatoms. The Labute approximate surface area is 109 Å². The smallest absolute Gasteiger partial charge is 0.239 e. The van der Waals surface area contributed by atoms with Gasteiger partial charge in [-0.1, -0.05) is 6.07 Å². The molecule has 1 atom stereocenters. The SMILES string of the molecule is COc1ccc(C(NC2CC2)C(N)=O)cc1Br. The third-order valence-electron chi connectivity index (χ3n) is 2.77. The quantitative estimate of drug-likeness (QED) is 0.870. The molecule has 0 radical (unpaired) electrons. The highest BCUT2D eigenvalue weighted by molar-refractivity contribution is 9.10. The van der Waals surface area contributed by atoms with Crippen LogP contribution < -0.4 is 15.8 Å². The lowest BCUT2D eigenvalue weighted by Crippen LogP contribution is -2.34. The number of rotatable bonds is 5. The van der Waals surface area contributed by atoms with Gasteiger partial charge in [-0.25, -0.2) is 0 Å². The predicted octanol–water partition coefficient (Wildman–Crippen LogP) is 1.74. The van der Waals surface area contributed by atoms with E-state index >= 15 is 0 Å². The standard InChI is InChI=1S/C12H15BrN2O2/c1-17-10-5-2-7(6-9(10)13)11(12(14)16)15-8-3-4-8/h2,5-6,8,11,15H,3-4H2,1H3,(H2,14,16). The largest absolute Gasteiger partial charge is 0.496 e. The van der Waals surface area contributed by atoms with Crippen LogP contribution in [0, 0.1) is 0 Å². The van der Waals surface area contributed by atoms with Crippen molar-refractivity contribution in [3.05, 3.63) is 28.2 Å². The fourth-order valence-electron chi connectivity index (χ4n) is 1.69. The number of nitrogens with one attached hydrogen (secondary N) is 1. The molecule has 3 N–H and O–H groups in total. The van der Waals surface area contributed by atoms with Crippen molar-refractivity contribution in [2.45, 2.75) is 24.9 Å². The van der Waals surface area contributed by atoms with Gasteiger partial charge in [0.05, 0.1) is 11.6 Å². The van der Waals surface area contributed by atoms with Crippen LogP contribution >= 0.6 is 15.9 Å². The topological polar surface area (TPSA) is 64.3 Å². The van der Waals surface area contributed by atoms with Gasteiger partial charge in [0.2, 0.25) is 5.91 Å². The van der Waals surface area contributed by atoms with Gasteiger partial charge in [0.15, 0.2) is 0 Å². The van der Waals surface area contributed by atoms with Gasteiger partial charge in [-0.2, -0.15) is 0 Å². The molecule has 0 bridgehead atoms. The third-order valence-corrected chi connectivity index (χ3v) is 3.39. The van der Waals surface area contributed by atoms with E-state index in [-0.39, 0.29) is 5.91 Å². The maximum Gasteiger partial charge on any atom is 0.239 e. The van der Waals surface area contributed by atoms with Crippen molar-refractivity contribution in [2.24, 2.45) is 5.73 Å². The summed E-state index contributed by atoms with van der Waals surface area (Å²) in [6, 6.07) is 5.54. The number of carbonyl (C=O) groups excluding carboxylic acids is 1. The van der Waals surface area contributed by atoms with Crippen LogP contribution in [0.25, 0.3) is 0 Å². The van der Waals surface area contributed by atoms with Gasteiger partial charge < -0.3 is 10.5 Å². The summed E-state index contributed by atoms with van der Waals surface area (Å²) in [5, 5.41) is 3.24. The molecule has 1 aromatic carbocycles. The van der Waals surface area contributed by atoms with Crippen molar-refractivity contribution in [3.8, 4) is 5.75 Å². The van der Waals surface area contributed by atoms with Gasteiger partial charge in [-0.15, -0.1) is 0 Å². The lowest BCUT2D eigenvalue weighted by atomic mass is 10.1. The minimum absolute atomic E-state index is 0.353. The van der Waals surface area contributed by atoms with Crippen LogP contribution in [0.5, 0.6) is 5.75 Å². The van der Waals surface area contributed by atoms with Gasteiger partial charge in [-0.05, 0) is 46.5 Å². The molecule has 1 saturated carbocycles. The number of hydrogen-bond donors (Lipinski definition) is 2. The number of ether oxygens (including phenoxy) is 1. The van der Waals surface area contributed by atoms with Crippen LogP contribution in [0.15, 0.2) is 22.7 Å². The molecule has 0 aliphatic heterocycles. The van der Waals surface area contributed by atoms with Crippen LogP contribution in [-0.4, -0.2) is 19.1 Å². The molecule has 0 heterocycles. The number of nitrogens with two attached hydrogens (primary N) is 1. The van der Waals surface area contributed by atoms with Gasteiger partial charge >= 0.3 is 0 Å². The Morgan fingerprint density at radius 2 is 2.29 bits per heavy atom. The van der Waals surface area contributed by atoms with E-state index in [1.54, 1.807) is 7.11 Å². The number of methoxy groups -OCH3 is 1. The zero-order valence-electron chi connectivity index (χ0n) is 9.57. The fraction of sp³-hybridized carbons (Fsp3) is 0.417. The van der Waals surface area contributed by atoms with Crippen LogP contribution in [0.2, 0.25) is 0 Å². The Morgan fingerprint density at radius 1 is 1.59 bits per heavy atom. The molecule has 1 fully saturated rings. The first-order valence-electron chi connectivity index (χ1n) is 5.50. The zero-order valence-corrected chi connectivity index (χ0v) is 11.2. The molecular formula is C12H15BrN2O2. The molecule has 1 aliphatic rings. The Balaban J connectivity index is 2.22. The molecule has 1 amide bonds. The van der Waals surface area contributed by atoms with Crippen molar-refractivity contribution in [1.82, 2.24) is 5.32 Å². The number of carbonyl (C=O) groups is 1. The van der Waals surface area contributed by atoms with E-state index in [9.17, 15) is 4.79 Å². The lowest BCUT2D eigenvalue weighted by Gasteiger charge is -2.16. The molecule has 0 saturated heterocycles. The minimum Gasteiger partial charge on any atom is -0.496 e. The van der Waals surface area contributed by atoms with E-state index < -0.39 is 6.04 Å². The van der Waals surface area contributed by atoms with E-state index in [0.29, 0.717) is 6.04 Å². The second-order valence-electron chi connectivity index (χ2n) is 4.17. The van der Waals surface area contributed by atoms with Crippen LogP contribution in [0.1, 0.15) is 24.4 Å². The van der Waals surface area contributed by atoms with Gasteiger partial charge in [0, 0.05) is 6.04 Å². The summed E-state index contributed by atoms with van der Waals surface area (Å²) in [5.74, 6) is 0.386. The minimum atomic E-state index is -0.426. The van der Waals surface area contributed by atoms with Crippen LogP contribution in [-0.2, 0) is 4.79 Å². The van der Waals surface area contributed by atoms with Crippen molar-refractivity contribution in [2.75, 3.05) is 7.11 Å². The summed E-state index contributed by atoms with van der Waals surface area (Å²) in [4.78, 5) is 11.4. The van der Waals surface area contributed by atoms with Crippen LogP contribution in [0.4, 0.5) is 0 Å². The van der Waals surface area contributed by atoms with E-state index in [1.807, 2.05) is 18.2 Å². The Hall–Kier alpha value is -1.07. The summed E-state index contributed by atoms with van der Waals surface area (Å²) in [6.45, 7) is 0. The first-order valence-corrected chi connectivity index (χ1v) is 6.30. The van der Waals surface area contributed by atoms with Crippen molar-refractivity contribution in [3.63, 3.8) is 0 Å². The Bertz CT molecular complexity index is 433. The Morgan fingerprint density at radius 3 is 2.76 bits per heavy atom. The number of benzene rings is 1. The molecule has 2 rings (SSSR count). The molecule has 1 unspecified atom stereocenters. The molecule has 1 aromatic rings. The molecule has 0 aromatic heterocycles. The molecular weight excluding hydrogens is 284 g/mol. The number of primary amides is 1. The molecule has 4 nitrogen and oxygen atoms in total. The van der Waals surface area contributed by atoms with Gasteiger partial charge in [0.25, 0.3) is 0 Å². The lowest BCUT2D eigenvalue weighted by molar-refractivity contribution is -0.120. The highest BCUT2D eigenvalue weighted by Gasteiger charge is 2.28. The third kappa shape index (κ3) is 2.98. The highest BCUT2D eigenvalue weighted by Crippen LogP contribution is 2.30. The highest BCUT2D eigenvalue weighted by atomic mass is 79.9. The first-order chi connectivity index (χ1) is 8.11. The average molecular weight is 299 g/mol. The van der Waals surface area contributed by atoms with Crippen molar-refractivity contribution >= 4 is 21.8 Å². The number of halogens is 1. The maximum absolute atomic E-state index is 11.4. The number of amides is 1. The molecule has 1 aliphatic carbocycles. The predicted molar refractivity (Wildman–Crippen MR) is 68.8 cm³/mol. The number of hydrogen-bond acceptors (Lipinski definition) is 3. The van der Waals surface area contributed by atoms with Crippen molar-refractivity contribution < 1.29 is 9.53 Å². The van der Waals surface area contributed by atoms with Gasteiger partial charge in [-0.3, -0.25) is 10.1 Å². The molecule has 0 spiro atoms. The second-order valence-corrected chi connectivity index (χ2v) is 5.02. The summed E-state index contributed by atoms with van der Waals surface area (Å²) in [7, 11) is 1.60.